The molecule has 0 unspecified atom stereocenters. The second-order valence-electron chi connectivity index (χ2n) is 4.31. The first-order valence-electron chi connectivity index (χ1n) is 6.52. The number of nitrogens with one attached hydrogen (secondary N) is 1. The van der Waals surface area contributed by atoms with E-state index >= 15 is 0 Å². The van der Waals surface area contributed by atoms with Gasteiger partial charge in [0, 0.05) is 0 Å². The molecule has 2 aromatic carbocycles. The topological polar surface area (TPSA) is 59.9 Å². The van der Waals surface area contributed by atoms with Crippen LogP contribution in [0.2, 0.25) is 0 Å². The Kier molecular flexibility index (Phi) is 5.48. The molecule has 0 saturated heterocycles. The summed E-state index contributed by atoms with van der Waals surface area (Å²) in [6.45, 7) is -0.174. The van der Waals surface area contributed by atoms with Gasteiger partial charge in [0.25, 0.3) is 5.91 Å². The molecule has 0 heterocycles. The Bertz CT molecular complexity index is 657. The Morgan fingerprint density at radius 3 is 2.64 bits per heavy atom. The molecule has 0 aliphatic heterocycles. The molecule has 0 spiro atoms. The van der Waals surface area contributed by atoms with E-state index in [1.54, 1.807) is 43.5 Å². The van der Waals surface area contributed by atoms with E-state index in [-0.39, 0.29) is 12.4 Å². The van der Waals surface area contributed by atoms with Gasteiger partial charge in [0.05, 0.1) is 13.3 Å². The van der Waals surface area contributed by atoms with E-state index < -0.39 is 5.91 Å². The highest BCUT2D eigenvalue weighted by atomic mass is 19.1. The number of hydrazone groups is 1. The summed E-state index contributed by atoms with van der Waals surface area (Å²) in [6, 6.07) is 12.7. The minimum atomic E-state index is -0.413. The first kappa shape index (κ1) is 15.5. The highest BCUT2D eigenvalue weighted by molar-refractivity contribution is 5.82. The van der Waals surface area contributed by atoms with Crippen LogP contribution in [0.1, 0.15) is 5.56 Å². The van der Waals surface area contributed by atoms with Crippen LogP contribution in [0.15, 0.2) is 53.6 Å². The van der Waals surface area contributed by atoms with Crippen molar-refractivity contribution in [3.05, 3.63) is 59.9 Å². The monoisotopic (exact) mass is 302 g/mol. The molecule has 1 N–H and O–H groups in total. The summed E-state index contributed by atoms with van der Waals surface area (Å²) in [4.78, 5) is 11.5. The highest BCUT2D eigenvalue weighted by Gasteiger charge is 2.01. The van der Waals surface area contributed by atoms with E-state index in [0.29, 0.717) is 17.1 Å². The quantitative estimate of drug-likeness (QED) is 0.658. The van der Waals surface area contributed by atoms with Gasteiger partial charge < -0.3 is 9.47 Å². The lowest BCUT2D eigenvalue weighted by Gasteiger charge is -2.05. The van der Waals surface area contributed by atoms with Crippen LogP contribution in [0.3, 0.4) is 0 Å². The van der Waals surface area contributed by atoms with Crippen LogP contribution in [0, 0.1) is 5.82 Å². The highest BCUT2D eigenvalue weighted by Crippen LogP contribution is 2.16. The average Bonchev–Trinajstić information content (AvgIpc) is 2.53. The van der Waals surface area contributed by atoms with Crippen LogP contribution in [-0.2, 0) is 4.79 Å². The molecule has 0 radical (unpaired) electrons. The zero-order valence-corrected chi connectivity index (χ0v) is 12.0. The molecule has 1 amide bonds. The average molecular weight is 302 g/mol. The first-order chi connectivity index (χ1) is 10.7. The van der Waals surface area contributed by atoms with E-state index in [1.165, 1.54) is 18.3 Å². The van der Waals surface area contributed by atoms with Crippen molar-refractivity contribution < 1.29 is 18.7 Å². The molecule has 0 bridgehead atoms. The number of ether oxygens (including phenoxy) is 2. The molecular weight excluding hydrogens is 287 g/mol. The molecule has 0 atom stereocenters. The van der Waals surface area contributed by atoms with Crippen molar-refractivity contribution in [2.24, 2.45) is 5.10 Å². The molecule has 0 aliphatic rings. The van der Waals surface area contributed by atoms with Crippen LogP contribution in [0.5, 0.6) is 11.5 Å². The van der Waals surface area contributed by atoms with Crippen molar-refractivity contribution >= 4 is 12.1 Å². The molecule has 2 aromatic rings. The maximum Gasteiger partial charge on any atom is 0.277 e. The lowest BCUT2D eigenvalue weighted by molar-refractivity contribution is -0.123. The third-order valence-corrected chi connectivity index (χ3v) is 2.68. The van der Waals surface area contributed by atoms with E-state index in [9.17, 15) is 9.18 Å². The zero-order chi connectivity index (χ0) is 15.8. The van der Waals surface area contributed by atoms with Crippen molar-refractivity contribution in [1.82, 2.24) is 5.43 Å². The van der Waals surface area contributed by atoms with Gasteiger partial charge in [-0.15, -0.1) is 0 Å². The number of halogens is 1. The number of nitrogens with zero attached hydrogens (tertiary/aromatic N) is 1. The molecule has 0 saturated carbocycles. The van der Waals surface area contributed by atoms with Gasteiger partial charge in [0.2, 0.25) is 0 Å². The predicted molar refractivity (Wildman–Crippen MR) is 80.6 cm³/mol. The first-order valence-corrected chi connectivity index (χ1v) is 6.52. The van der Waals surface area contributed by atoms with Crippen LogP contribution in [0.4, 0.5) is 4.39 Å². The number of benzene rings is 2. The number of carbonyl (C=O) groups excluding carboxylic acids is 1. The summed E-state index contributed by atoms with van der Waals surface area (Å²) in [6.07, 6.45) is 1.36. The Balaban J connectivity index is 1.77. The van der Waals surface area contributed by atoms with Crippen molar-refractivity contribution in [2.45, 2.75) is 0 Å². The summed E-state index contributed by atoms with van der Waals surface area (Å²) in [5, 5.41) is 3.73. The fourth-order valence-electron chi connectivity index (χ4n) is 1.62. The summed E-state index contributed by atoms with van der Waals surface area (Å²) in [5.41, 5.74) is 2.85. The second-order valence-corrected chi connectivity index (χ2v) is 4.31. The van der Waals surface area contributed by atoms with E-state index in [2.05, 4.69) is 10.5 Å². The van der Waals surface area contributed by atoms with Crippen LogP contribution in [0.25, 0.3) is 0 Å². The van der Waals surface area contributed by atoms with Crippen LogP contribution < -0.4 is 14.9 Å². The predicted octanol–water partition coefficient (Wildman–Crippen LogP) is 2.36. The Hall–Kier alpha value is -2.89. The van der Waals surface area contributed by atoms with Gasteiger partial charge in [0.15, 0.2) is 6.61 Å². The fourth-order valence-corrected chi connectivity index (χ4v) is 1.62. The normalized spacial score (nSPS) is 10.5. The number of amides is 1. The van der Waals surface area contributed by atoms with Gasteiger partial charge >= 0.3 is 0 Å². The number of methoxy groups -OCH3 is 1. The Morgan fingerprint density at radius 2 is 1.95 bits per heavy atom. The van der Waals surface area contributed by atoms with Gasteiger partial charge in [-0.2, -0.15) is 5.10 Å². The second kappa shape index (κ2) is 7.78. The Morgan fingerprint density at radius 1 is 1.23 bits per heavy atom. The standard InChI is InChI=1S/C16H15FN2O3/c1-21-14-5-7-15(8-6-14)22-11-16(20)19-18-10-12-3-2-4-13(17)9-12/h2-10H,11H2,1H3,(H,19,20)/b18-10-. The molecule has 0 aromatic heterocycles. The molecule has 0 aliphatic carbocycles. The van der Waals surface area contributed by atoms with Gasteiger partial charge in [-0.3, -0.25) is 4.79 Å². The van der Waals surface area contributed by atoms with Crippen molar-refractivity contribution in [3.8, 4) is 11.5 Å². The summed E-state index contributed by atoms with van der Waals surface area (Å²) in [7, 11) is 1.57. The molecular formula is C16H15FN2O3. The van der Waals surface area contributed by atoms with Crippen LogP contribution in [-0.4, -0.2) is 25.8 Å². The molecule has 6 heteroatoms. The largest absolute Gasteiger partial charge is 0.497 e. The van der Waals surface area contributed by atoms with E-state index in [4.69, 9.17) is 9.47 Å². The van der Waals surface area contributed by atoms with Gasteiger partial charge in [-0.1, -0.05) is 12.1 Å². The lowest BCUT2D eigenvalue weighted by atomic mass is 10.2. The summed E-state index contributed by atoms with van der Waals surface area (Å²) in [5.74, 6) is 0.475. The van der Waals surface area contributed by atoms with E-state index in [0.717, 1.165) is 0 Å². The number of hydrogen-bond acceptors (Lipinski definition) is 4. The van der Waals surface area contributed by atoms with Gasteiger partial charge in [-0.25, -0.2) is 9.82 Å². The third kappa shape index (κ3) is 4.90. The lowest BCUT2D eigenvalue weighted by Crippen LogP contribution is -2.24. The minimum Gasteiger partial charge on any atom is -0.497 e. The smallest absolute Gasteiger partial charge is 0.277 e. The molecule has 5 nitrogen and oxygen atoms in total. The van der Waals surface area contributed by atoms with Crippen molar-refractivity contribution in [3.63, 3.8) is 0 Å². The molecule has 22 heavy (non-hydrogen) atoms. The minimum absolute atomic E-state index is 0.174. The summed E-state index contributed by atoms with van der Waals surface area (Å²) >= 11 is 0. The number of carbonyl (C=O) groups is 1. The Labute approximate surface area is 127 Å². The fraction of sp³-hybridized carbons (Fsp3) is 0.125. The number of rotatable bonds is 6. The van der Waals surface area contributed by atoms with Gasteiger partial charge in [0.1, 0.15) is 17.3 Å². The van der Waals surface area contributed by atoms with Gasteiger partial charge in [-0.05, 0) is 42.0 Å². The number of hydrogen-bond donors (Lipinski definition) is 1. The zero-order valence-electron chi connectivity index (χ0n) is 12.0. The molecule has 114 valence electrons. The maximum atomic E-state index is 12.9. The van der Waals surface area contributed by atoms with Crippen molar-refractivity contribution in [1.29, 1.82) is 0 Å². The summed E-state index contributed by atoms with van der Waals surface area (Å²) < 4.78 is 23.2. The maximum absolute atomic E-state index is 12.9. The molecule has 2 rings (SSSR count). The van der Waals surface area contributed by atoms with E-state index in [1.807, 2.05) is 0 Å². The SMILES string of the molecule is COc1ccc(OCC(=O)N/N=C\c2cccc(F)c2)cc1. The molecule has 0 fully saturated rings. The van der Waals surface area contributed by atoms with Crippen molar-refractivity contribution in [2.75, 3.05) is 13.7 Å². The third-order valence-electron chi connectivity index (χ3n) is 2.68. The van der Waals surface area contributed by atoms with Crippen LogP contribution >= 0.6 is 0 Å².